The summed E-state index contributed by atoms with van der Waals surface area (Å²) >= 11 is 0. The fraction of sp³-hybridized carbons (Fsp3) is 0.933. The van der Waals surface area contributed by atoms with Gasteiger partial charge in [0.1, 0.15) is 5.60 Å². The molecule has 2 unspecified atom stereocenters. The minimum atomic E-state index is -4.08. The number of nitrogens with one attached hydrogen (secondary N) is 2. The maximum atomic E-state index is 12.7. The van der Waals surface area contributed by atoms with Crippen LogP contribution in [0.4, 0.5) is 18.0 Å². The van der Waals surface area contributed by atoms with E-state index in [1.165, 1.54) is 0 Å². The molecule has 4 nitrogen and oxygen atoms in total. The van der Waals surface area contributed by atoms with Crippen molar-refractivity contribution in [1.82, 2.24) is 10.6 Å². The molecule has 0 aliphatic heterocycles. The van der Waals surface area contributed by atoms with Crippen LogP contribution >= 0.6 is 0 Å². The first kappa shape index (κ1) is 19.1. The van der Waals surface area contributed by atoms with Gasteiger partial charge in [0.25, 0.3) is 0 Å². The Hall–Kier alpha value is -0.980. The van der Waals surface area contributed by atoms with Crippen LogP contribution in [0.1, 0.15) is 52.9 Å². The van der Waals surface area contributed by atoms with Gasteiger partial charge < -0.3 is 15.4 Å². The van der Waals surface area contributed by atoms with Crippen LogP contribution in [-0.4, -0.2) is 37.0 Å². The lowest BCUT2D eigenvalue weighted by molar-refractivity contribution is -0.183. The van der Waals surface area contributed by atoms with E-state index in [4.69, 9.17) is 4.74 Å². The third-order valence-corrected chi connectivity index (χ3v) is 3.59. The lowest BCUT2D eigenvalue weighted by Gasteiger charge is -2.31. The second kappa shape index (κ2) is 8.04. The molecule has 0 aromatic heterocycles. The van der Waals surface area contributed by atoms with Gasteiger partial charge in [-0.05, 0) is 53.0 Å². The van der Waals surface area contributed by atoms with Gasteiger partial charge in [0.05, 0.1) is 5.92 Å². The van der Waals surface area contributed by atoms with Gasteiger partial charge in [0.15, 0.2) is 0 Å². The van der Waals surface area contributed by atoms with Crippen molar-refractivity contribution in [3.8, 4) is 0 Å². The van der Waals surface area contributed by atoms with Crippen molar-refractivity contribution in [3.63, 3.8) is 0 Å². The van der Waals surface area contributed by atoms with Crippen molar-refractivity contribution in [1.29, 1.82) is 0 Å². The van der Waals surface area contributed by atoms with Gasteiger partial charge in [0.2, 0.25) is 0 Å². The molecule has 2 N–H and O–H groups in total. The molecule has 0 radical (unpaired) electrons. The molecule has 1 aliphatic rings. The van der Waals surface area contributed by atoms with Crippen LogP contribution in [0, 0.1) is 5.92 Å². The second-order valence-corrected chi connectivity index (χ2v) is 6.84. The third kappa shape index (κ3) is 7.87. The van der Waals surface area contributed by atoms with Crippen LogP contribution in [0.3, 0.4) is 0 Å². The smallest absolute Gasteiger partial charge is 0.407 e. The molecule has 1 fully saturated rings. The molecule has 2 atom stereocenters. The zero-order valence-corrected chi connectivity index (χ0v) is 13.6. The number of ether oxygens (including phenoxy) is 1. The number of halogens is 3. The Balaban J connectivity index is 2.13. The summed E-state index contributed by atoms with van der Waals surface area (Å²) in [5.41, 5.74) is -0.531. The number of alkyl carbamates (subject to hydrolysis) is 1. The number of rotatable bonds is 5. The first-order chi connectivity index (χ1) is 10.1. The monoisotopic (exact) mass is 324 g/mol. The van der Waals surface area contributed by atoms with Crippen LogP contribution in [0.25, 0.3) is 0 Å². The summed E-state index contributed by atoms with van der Waals surface area (Å²) in [7, 11) is 0. The summed E-state index contributed by atoms with van der Waals surface area (Å²) in [5, 5.41) is 5.78. The molecule has 130 valence electrons. The Morgan fingerprint density at radius 3 is 2.45 bits per heavy atom. The second-order valence-electron chi connectivity index (χ2n) is 6.84. The standard InChI is InChI=1S/C15H27F3N2O2/c1-14(2,3)22-13(21)20-9-5-8-19-12-7-4-6-11(10-12)15(16,17)18/h11-12,19H,4-10H2,1-3H3,(H,20,21). The van der Waals surface area contributed by atoms with Crippen molar-refractivity contribution in [2.24, 2.45) is 5.92 Å². The minimum Gasteiger partial charge on any atom is -0.444 e. The van der Waals surface area contributed by atoms with E-state index in [9.17, 15) is 18.0 Å². The highest BCUT2D eigenvalue weighted by Gasteiger charge is 2.41. The van der Waals surface area contributed by atoms with E-state index in [-0.39, 0.29) is 18.9 Å². The minimum absolute atomic E-state index is 0.0816. The molecule has 0 heterocycles. The van der Waals surface area contributed by atoms with Gasteiger partial charge in [-0.1, -0.05) is 6.42 Å². The molecule has 1 rings (SSSR count). The molecule has 0 spiro atoms. The number of amides is 1. The highest BCUT2D eigenvalue weighted by Crippen LogP contribution is 2.37. The molecule has 0 aromatic rings. The molecular formula is C15H27F3N2O2. The maximum absolute atomic E-state index is 12.7. The average Bonchev–Trinajstić information content (AvgIpc) is 2.35. The van der Waals surface area contributed by atoms with Crippen molar-refractivity contribution in [3.05, 3.63) is 0 Å². The molecule has 0 aromatic carbocycles. The average molecular weight is 324 g/mol. The fourth-order valence-corrected chi connectivity index (χ4v) is 2.57. The molecule has 1 aliphatic carbocycles. The van der Waals surface area contributed by atoms with E-state index in [1.807, 2.05) is 0 Å². The van der Waals surface area contributed by atoms with Crippen LogP contribution in [0.15, 0.2) is 0 Å². The largest absolute Gasteiger partial charge is 0.444 e. The molecule has 0 saturated heterocycles. The van der Waals surface area contributed by atoms with Crippen LogP contribution in [0.5, 0.6) is 0 Å². The third-order valence-electron chi connectivity index (χ3n) is 3.59. The van der Waals surface area contributed by atoms with E-state index in [0.717, 1.165) is 6.42 Å². The summed E-state index contributed by atoms with van der Waals surface area (Å²) < 4.78 is 43.2. The van der Waals surface area contributed by atoms with E-state index in [2.05, 4.69) is 10.6 Å². The molecule has 7 heteroatoms. The zero-order valence-electron chi connectivity index (χ0n) is 13.6. The summed E-state index contributed by atoms with van der Waals surface area (Å²) in [6, 6.07) is -0.0816. The highest BCUT2D eigenvalue weighted by atomic mass is 19.4. The van der Waals surface area contributed by atoms with E-state index >= 15 is 0 Å². The fourth-order valence-electron chi connectivity index (χ4n) is 2.57. The molecule has 1 saturated carbocycles. The van der Waals surface area contributed by atoms with Gasteiger partial charge in [-0.15, -0.1) is 0 Å². The number of carbonyl (C=O) groups excluding carboxylic acids is 1. The first-order valence-electron chi connectivity index (χ1n) is 7.85. The zero-order chi connectivity index (χ0) is 16.8. The number of carbonyl (C=O) groups is 1. The van der Waals surface area contributed by atoms with Crippen LogP contribution < -0.4 is 10.6 Å². The normalized spacial score (nSPS) is 23.2. The summed E-state index contributed by atoms with van der Waals surface area (Å²) in [6.07, 6.45) is -2.11. The highest BCUT2D eigenvalue weighted by molar-refractivity contribution is 5.67. The lowest BCUT2D eigenvalue weighted by atomic mass is 9.85. The first-order valence-corrected chi connectivity index (χ1v) is 7.85. The predicted octanol–water partition coefficient (Wildman–Crippen LogP) is 3.61. The van der Waals surface area contributed by atoms with Gasteiger partial charge in [-0.3, -0.25) is 0 Å². The molecule has 0 bridgehead atoms. The Bertz CT molecular complexity index is 354. The maximum Gasteiger partial charge on any atom is 0.407 e. The van der Waals surface area contributed by atoms with E-state index in [1.54, 1.807) is 20.8 Å². The summed E-state index contributed by atoms with van der Waals surface area (Å²) in [4.78, 5) is 11.4. The Kier molecular flexibility index (Phi) is 6.97. The SMILES string of the molecule is CC(C)(C)OC(=O)NCCCNC1CCCC(C(F)(F)F)C1. The number of alkyl halides is 3. The topological polar surface area (TPSA) is 50.4 Å². The Labute approximate surface area is 130 Å². The molecule has 22 heavy (non-hydrogen) atoms. The van der Waals surface area contributed by atoms with Gasteiger partial charge in [0, 0.05) is 12.6 Å². The van der Waals surface area contributed by atoms with Gasteiger partial charge in [-0.2, -0.15) is 13.2 Å². The van der Waals surface area contributed by atoms with Crippen molar-refractivity contribution in [2.45, 2.75) is 70.7 Å². The number of hydrogen-bond acceptors (Lipinski definition) is 3. The summed E-state index contributed by atoms with van der Waals surface area (Å²) in [5.74, 6) is -1.18. The Morgan fingerprint density at radius 1 is 1.18 bits per heavy atom. The van der Waals surface area contributed by atoms with Crippen molar-refractivity contribution >= 4 is 6.09 Å². The van der Waals surface area contributed by atoms with Crippen LogP contribution in [-0.2, 0) is 4.74 Å². The quantitative estimate of drug-likeness (QED) is 0.760. The lowest BCUT2D eigenvalue weighted by Crippen LogP contribution is -2.40. The van der Waals surface area contributed by atoms with E-state index in [0.29, 0.717) is 25.9 Å². The molecular weight excluding hydrogens is 297 g/mol. The van der Waals surface area contributed by atoms with Gasteiger partial charge >= 0.3 is 12.3 Å². The van der Waals surface area contributed by atoms with Crippen molar-refractivity contribution < 1.29 is 22.7 Å². The number of hydrogen-bond donors (Lipinski definition) is 2. The predicted molar refractivity (Wildman–Crippen MR) is 78.7 cm³/mol. The van der Waals surface area contributed by atoms with Gasteiger partial charge in [-0.25, -0.2) is 4.79 Å². The molecule has 1 amide bonds. The Morgan fingerprint density at radius 2 is 1.86 bits per heavy atom. The van der Waals surface area contributed by atoms with E-state index < -0.39 is 23.8 Å². The summed E-state index contributed by atoms with van der Waals surface area (Å²) in [6.45, 7) is 6.39. The van der Waals surface area contributed by atoms with Crippen molar-refractivity contribution in [2.75, 3.05) is 13.1 Å². The van der Waals surface area contributed by atoms with Crippen LogP contribution in [0.2, 0.25) is 0 Å².